The summed E-state index contributed by atoms with van der Waals surface area (Å²) in [6.07, 6.45) is 9.06. The highest BCUT2D eigenvalue weighted by Crippen LogP contribution is 2.44. The maximum Gasteiger partial charge on any atom is 0.119 e. The van der Waals surface area contributed by atoms with Crippen LogP contribution in [0.5, 0.6) is 5.75 Å². The van der Waals surface area contributed by atoms with E-state index >= 15 is 0 Å². The van der Waals surface area contributed by atoms with Gasteiger partial charge in [0.25, 0.3) is 0 Å². The van der Waals surface area contributed by atoms with Crippen LogP contribution in [0.25, 0.3) is 0 Å². The molecule has 21 heavy (non-hydrogen) atoms. The van der Waals surface area contributed by atoms with Crippen molar-refractivity contribution in [1.82, 2.24) is 5.32 Å². The molecule has 1 heterocycles. The molecule has 0 aromatic heterocycles. The van der Waals surface area contributed by atoms with Crippen molar-refractivity contribution in [1.29, 1.82) is 0 Å². The molecule has 4 rings (SSSR count). The van der Waals surface area contributed by atoms with Crippen LogP contribution >= 0.6 is 0 Å². The zero-order chi connectivity index (χ0) is 14.3. The molecular formula is C18H25NO2. The van der Waals surface area contributed by atoms with Crippen molar-refractivity contribution in [3.05, 3.63) is 29.3 Å². The summed E-state index contributed by atoms with van der Waals surface area (Å²) < 4.78 is 12.1. The topological polar surface area (TPSA) is 30.5 Å². The summed E-state index contributed by atoms with van der Waals surface area (Å²) in [5, 5.41) is 3.79. The highest BCUT2D eigenvalue weighted by atomic mass is 16.5. The first-order chi connectivity index (χ1) is 10.3. The van der Waals surface area contributed by atoms with E-state index in [1.54, 1.807) is 7.11 Å². The lowest BCUT2D eigenvalue weighted by molar-refractivity contribution is -0.140. The lowest BCUT2D eigenvalue weighted by Crippen LogP contribution is -2.54. The molecule has 2 aliphatic carbocycles. The summed E-state index contributed by atoms with van der Waals surface area (Å²) in [6, 6.07) is 6.90. The van der Waals surface area contributed by atoms with Gasteiger partial charge in [-0.1, -0.05) is 31.7 Å². The Morgan fingerprint density at radius 2 is 2.00 bits per heavy atom. The van der Waals surface area contributed by atoms with Crippen molar-refractivity contribution in [2.75, 3.05) is 13.7 Å². The van der Waals surface area contributed by atoms with Crippen LogP contribution in [-0.2, 0) is 11.2 Å². The molecule has 3 aliphatic rings. The molecule has 3 nitrogen and oxygen atoms in total. The highest BCUT2D eigenvalue weighted by Gasteiger charge is 2.45. The third-order valence-electron chi connectivity index (χ3n) is 5.54. The van der Waals surface area contributed by atoms with Crippen LogP contribution < -0.4 is 10.1 Å². The van der Waals surface area contributed by atoms with Gasteiger partial charge in [-0.15, -0.1) is 0 Å². The average Bonchev–Trinajstić information content (AvgIpc) is 2.71. The minimum Gasteiger partial charge on any atom is -0.497 e. The van der Waals surface area contributed by atoms with Gasteiger partial charge >= 0.3 is 0 Å². The first-order valence-corrected chi connectivity index (χ1v) is 8.38. The molecule has 3 heteroatoms. The summed E-state index contributed by atoms with van der Waals surface area (Å²) in [5.41, 5.74) is 2.83. The molecular weight excluding hydrogens is 262 g/mol. The fourth-order valence-electron chi connectivity index (χ4n) is 4.33. The number of fused-ring (bicyclic) bond motifs is 3. The number of hydrogen-bond acceptors (Lipinski definition) is 3. The van der Waals surface area contributed by atoms with Gasteiger partial charge in [0.1, 0.15) is 5.75 Å². The Morgan fingerprint density at radius 1 is 1.19 bits per heavy atom. The molecule has 114 valence electrons. The largest absolute Gasteiger partial charge is 0.497 e. The van der Waals surface area contributed by atoms with Gasteiger partial charge in [0.05, 0.1) is 18.8 Å². The van der Waals surface area contributed by atoms with E-state index in [9.17, 15) is 0 Å². The van der Waals surface area contributed by atoms with E-state index in [1.165, 1.54) is 49.7 Å². The average molecular weight is 287 g/mol. The minimum absolute atomic E-state index is 0.0718. The van der Waals surface area contributed by atoms with Crippen LogP contribution in [0.3, 0.4) is 0 Å². The Balaban J connectivity index is 1.62. The smallest absolute Gasteiger partial charge is 0.119 e. The second kappa shape index (κ2) is 5.29. The normalized spacial score (nSPS) is 30.5. The fourth-order valence-corrected chi connectivity index (χ4v) is 4.33. The van der Waals surface area contributed by atoms with Gasteiger partial charge in [0, 0.05) is 12.6 Å². The van der Waals surface area contributed by atoms with Crippen molar-refractivity contribution < 1.29 is 9.47 Å². The van der Waals surface area contributed by atoms with Crippen LogP contribution in [0, 0.1) is 0 Å². The zero-order valence-corrected chi connectivity index (χ0v) is 12.9. The first kappa shape index (κ1) is 13.6. The SMILES string of the molecule is COc1ccc2c(c1)C1OC3(CCCCCC3)CNC1C2. The molecule has 2 fully saturated rings. The lowest BCUT2D eigenvalue weighted by atomic mass is 9.90. The predicted octanol–water partition coefficient (Wildman–Crippen LogP) is 3.37. The van der Waals surface area contributed by atoms with Crippen LogP contribution in [0.4, 0.5) is 0 Å². The highest BCUT2D eigenvalue weighted by molar-refractivity contribution is 5.42. The van der Waals surface area contributed by atoms with Crippen LogP contribution in [0.1, 0.15) is 55.8 Å². The van der Waals surface area contributed by atoms with Crippen molar-refractivity contribution >= 4 is 0 Å². The maximum absolute atomic E-state index is 6.73. The third-order valence-corrected chi connectivity index (χ3v) is 5.54. The van der Waals surface area contributed by atoms with Crippen molar-refractivity contribution in [2.45, 2.75) is 62.7 Å². The first-order valence-electron chi connectivity index (χ1n) is 8.38. The summed E-state index contributed by atoms with van der Waals surface area (Å²) in [7, 11) is 1.74. The number of hydrogen-bond donors (Lipinski definition) is 1. The van der Waals surface area contributed by atoms with Crippen molar-refractivity contribution in [3.8, 4) is 5.75 Å². The number of benzene rings is 1. The molecule has 2 unspecified atom stereocenters. The molecule has 1 saturated carbocycles. The van der Waals surface area contributed by atoms with Crippen molar-refractivity contribution in [2.24, 2.45) is 0 Å². The van der Waals surface area contributed by atoms with E-state index < -0.39 is 0 Å². The molecule has 0 bridgehead atoms. The van der Waals surface area contributed by atoms with Gasteiger partial charge < -0.3 is 14.8 Å². The van der Waals surface area contributed by atoms with E-state index in [0.717, 1.165) is 18.7 Å². The maximum atomic E-state index is 6.73. The summed E-state index contributed by atoms with van der Waals surface area (Å²) in [5.74, 6) is 0.943. The number of ether oxygens (including phenoxy) is 2. The van der Waals surface area contributed by atoms with Crippen molar-refractivity contribution in [3.63, 3.8) is 0 Å². The number of methoxy groups -OCH3 is 1. The molecule has 1 N–H and O–H groups in total. The van der Waals surface area contributed by atoms with E-state index in [1.807, 2.05) is 0 Å². The van der Waals surface area contributed by atoms with E-state index in [-0.39, 0.29) is 11.7 Å². The Bertz CT molecular complexity index is 520. The summed E-state index contributed by atoms with van der Waals surface area (Å²) in [6.45, 7) is 1.03. The molecule has 1 saturated heterocycles. The summed E-state index contributed by atoms with van der Waals surface area (Å²) >= 11 is 0. The molecule has 2 atom stereocenters. The minimum atomic E-state index is 0.0718. The third kappa shape index (κ3) is 2.36. The number of morpholine rings is 1. The predicted molar refractivity (Wildman–Crippen MR) is 82.7 cm³/mol. The second-order valence-electron chi connectivity index (χ2n) is 6.89. The molecule has 0 radical (unpaired) electrons. The number of rotatable bonds is 1. The molecule has 1 aromatic carbocycles. The van der Waals surface area contributed by atoms with Gasteiger partial charge in [0.15, 0.2) is 0 Å². The zero-order valence-electron chi connectivity index (χ0n) is 12.9. The van der Waals surface area contributed by atoms with Gasteiger partial charge in [-0.05, 0) is 42.5 Å². The van der Waals surface area contributed by atoms with Crippen LogP contribution in [0.15, 0.2) is 18.2 Å². The Morgan fingerprint density at radius 3 is 2.76 bits per heavy atom. The van der Waals surface area contributed by atoms with E-state index in [4.69, 9.17) is 9.47 Å². The molecule has 1 spiro atoms. The Kier molecular flexibility index (Phi) is 3.43. The number of nitrogens with one attached hydrogen (secondary N) is 1. The van der Waals surface area contributed by atoms with Gasteiger partial charge in [0.2, 0.25) is 0 Å². The molecule has 1 aromatic rings. The summed E-state index contributed by atoms with van der Waals surface area (Å²) in [4.78, 5) is 0. The van der Waals surface area contributed by atoms with Crippen LogP contribution in [-0.4, -0.2) is 25.3 Å². The quantitative estimate of drug-likeness (QED) is 0.859. The van der Waals surface area contributed by atoms with Gasteiger partial charge in [-0.25, -0.2) is 0 Å². The second-order valence-corrected chi connectivity index (χ2v) is 6.89. The molecule has 1 aliphatic heterocycles. The Labute approximate surface area is 127 Å². The van der Waals surface area contributed by atoms with E-state index in [2.05, 4.69) is 23.5 Å². The van der Waals surface area contributed by atoms with Gasteiger partial charge in [-0.3, -0.25) is 0 Å². The van der Waals surface area contributed by atoms with Gasteiger partial charge in [-0.2, -0.15) is 0 Å². The Hall–Kier alpha value is -1.06. The molecule has 0 amide bonds. The standard InChI is InChI=1S/C18H25NO2/c1-20-14-7-6-13-10-16-17(15(13)11-14)21-18(12-19-16)8-4-2-3-5-9-18/h6-7,11,16-17,19H,2-5,8-10,12H2,1H3. The monoisotopic (exact) mass is 287 g/mol. The lowest BCUT2D eigenvalue weighted by Gasteiger charge is -2.43. The van der Waals surface area contributed by atoms with E-state index in [0.29, 0.717) is 6.04 Å². The van der Waals surface area contributed by atoms with Crippen LogP contribution in [0.2, 0.25) is 0 Å². The fraction of sp³-hybridized carbons (Fsp3) is 0.667.